The van der Waals surface area contributed by atoms with Gasteiger partial charge in [-0.1, -0.05) is 37.6 Å². The topological polar surface area (TPSA) is 0 Å². The molecule has 4 rings (SSSR count). The van der Waals surface area contributed by atoms with E-state index in [1.807, 2.05) is 12.1 Å². The number of aryl methyl sites for hydroxylation is 1. The summed E-state index contributed by atoms with van der Waals surface area (Å²) < 4.78 is 29.4. The molecule has 0 unspecified atom stereocenters. The summed E-state index contributed by atoms with van der Waals surface area (Å²) >= 11 is 0. The molecule has 0 bridgehead atoms. The molecule has 184 valence electrons. The quantitative estimate of drug-likeness (QED) is 0.358. The Morgan fingerprint density at radius 3 is 1.76 bits per heavy atom. The molecule has 0 aromatic heterocycles. The van der Waals surface area contributed by atoms with E-state index < -0.39 is 11.6 Å². The largest absolute Gasteiger partial charge is 0.203 e. The lowest BCUT2D eigenvalue weighted by molar-refractivity contribution is 0.114. The van der Waals surface area contributed by atoms with Gasteiger partial charge in [-0.3, -0.25) is 0 Å². The Morgan fingerprint density at radius 1 is 0.727 bits per heavy atom. The highest BCUT2D eigenvalue weighted by Crippen LogP contribution is 2.47. The highest BCUT2D eigenvalue weighted by Gasteiger charge is 2.35. The van der Waals surface area contributed by atoms with E-state index in [0.717, 1.165) is 55.3 Å². The maximum atomic E-state index is 14.8. The summed E-state index contributed by atoms with van der Waals surface area (Å²) in [4.78, 5) is 0. The molecule has 2 heteroatoms. The van der Waals surface area contributed by atoms with E-state index in [2.05, 4.69) is 26.0 Å². The second kappa shape index (κ2) is 12.0. The smallest absolute Gasteiger partial charge is 0.162 e. The van der Waals surface area contributed by atoms with Crippen molar-refractivity contribution in [3.05, 3.63) is 47.0 Å². The lowest BCUT2D eigenvalue weighted by Gasteiger charge is -2.41. The number of unbranched alkanes of at least 4 members (excludes halogenated alkanes) is 1. The van der Waals surface area contributed by atoms with E-state index in [1.54, 1.807) is 0 Å². The maximum absolute atomic E-state index is 14.8. The van der Waals surface area contributed by atoms with Gasteiger partial charge >= 0.3 is 0 Å². The van der Waals surface area contributed by atoms with Crippen molar-refractivity contribution in [3.8, 4) is 0 Å². The van der Waals surface area contributed by atoms with E-state index >= 15 is 0 Å². The average molecular weight is 457 g/mol. The van der Waals surface area contributed by atoms with E-state index in [0.29, 0.717) is 17.5 Å². The minimum atomic E-state index is -0.582. The number of halogens is 2. The van der Waals surface area contributed by atoms with Crippen LogP contribution in [-0.4, -0.2) is 0 Å². The molecule has 0 amide bonds. The zero-order valence-electron chi connectivity index (χ0n) is 21.1. The van der Waals surface area contributed by atoms with Crippen LogP contribution in [0.2, 0.25) is 0 Å². The Morgan fingerprint density at radius 2 is 1.24 bits per heavy atom. The summed E-state index contributed by atoms with van der Waals surface area (Å²) in [6, 6.07) is 3.74. The number of benzene rings is 1. The molecule has 0 nitrogen and oxygen atoms in total. The van der Waals surface area contributed by atoms with Gasteiger partial charge in [0.05, 0.1) is 0 Å². The van der Waals surface area contributed by atoms with Crippen LogP contribution in [0, 0.1) is 41.2 Å². The third-order valence-electron chi connectivity index (χ3n) is 9.63. The first-order valence-corrected chi connectivity index (χ1v) is 14.2. The van der Waals surface area contributed by atoms with Crippen molar-refractivity contribution in [3.63, 3.8) is 0 Å². The SMILES string of the molecule is C/C=C/C1CCC(C2CCC(C3CCC(c4ccc(CCCC)c(F)c4F)CC3)CC2)CC1. The fourth-order valence-corrected chi connectivity index (χ4v) is 7.55. The number of hydrogen-bond acceptors (Lipinski definition) is 0. The molecule has 0 atom stereocenters. The molecule has 0 spiro atoms. The summed E-state index contributed by atoms with van der Waals surface area (Å²) in [5, 5.41) is 0. The van der Waals surface area contributed by atoms with Crippen LogP contribution < -0.4 is 0 Å². The normalized spacial score (nSPS) is 33.5. The molecular weight excluding hydrogens is 410 g/mol. The van der Waals surface area contributed by atoms with Crippen molar-refractivity contribution in [2.45, 2.75) is 116 Å². The Labute approximate surface area is 201 Å². The molecule has 0 N–H and O–H groups in total. The Hall–Kier alpha value is -1.18. The van der Waals surface area contributed by atoms with Gasteiger partial charge < -0.3 is 0 Å². The van der Waals surface area contributed by atoms with E-state index in [-0.39, 0.29) is 5.92 Å². The van der Waals surface area contributed by atoms with Gasteiger partial charge in [0.15, 0.2) is 11.6 Å². The minimum Gasteiger partial charge on any atom is -0.203 e. The Balaban J connectivity index is 1.24. The summed E-state index contributed by atoms with van der Waals surface area (Å²) in [5.41, 5.74) is 1.20. The molecule has 0 saturated heterocycles. The fraction of sp³-hybridized carbons (Fsp3) is 0.742. The molecular formula is C31H46F2. The number of hydrogen-bond donors (Lipinski definition) is 0. The lowest BCUT2D eigenvalue weighted by atomic mass is 9.64. The summed E-state index contributed by atoms with van der Waals surface area (Å²) in [6.45, 7) is 4.24. The maximum Gasteiger partial charge on any atom is 0.162 e. The van der Waals surface area contributed by atoms with Crippen LogP contribution in [0.3, 0.4) is 0 Å². The van der Waals surface area contributed by atoms with Crippen molar-refractivity contribution >= 4 is 0 Å². The highest BCUT2D eigenvalue weighted by molar-refractivity contribution is 5.29. The molecule has 1 aromatic carbocycles. The molecule has 0 aliphatic heterocycles. The van der Waals surface area contributed by atoms with Gasteiger partial charge in [-0.2, -0.15) is 0 Å². The molecule has 3 aliphatic rings. The molecule has 3 aliphatic carbocycles. The van der Waals surface area contributed by atoms with Crippen LogP contribution in [0.25, 0.3) is 0 Å². The first-order chi connectivity index (χ1) is 16.1. The van der Waals surface area contributed by atoms with Crippen molar-refractivity contribution in [1.29, 1.82) is 0 Å². The van der Waals surface area contributed by atoms with Crippen LogP contribution in [0.15, 0.2) is 24.3 Å². The molecule has 0 radical (unpaired) electrons. The first-order valence-electron chi connectivity index (χ1n) is 14.2. The second-order valence-electron chi connectivity index (χ2n) is 11.5. The standard InChI is InChI=1S/C31H46F2/c1-3-5-7-28-20-21-29(31(33)30(28)32)27-18-16-26(17-19-27)25-14-12-24(13-15-25)23-10-8-22(6-4-2)9-11-23/h4,6,20-27H,3,5,7-19H2,1-2H3/b6-4+. The molecule has 1 aromatic rings. The van der Waals surface area contributed by atoms with Gasteiger partial charge in [0.1, 0.15) is 0 Å². The van der Waals surface area contributed by atoms with Gasteiger partial charge in [0, 0.05) is 0 Å². The summed E-state index contributed by atoms with van der Waals surface area (Å²) in [6.07, 6.45) is 23.0. The predicted octanol–water partition coefficient (Wildman–Crippen LogP) is 9.77. The van der Waals surface area contributed by atoms with Crippen LogP contribution in [0.4, 0.5) is 8.78 Å². The zero-order chi connectivity index (χ0) is 23.2. The van der Waals surface area contributed by atoms with E-state index in [1.165, 1.54) is 64.2 Å². The number of rotatable bonds is 7. The fourth-order valence-electron chi connectivity index (χ4n) is 7.55. The van der Waals surface area contributed by atoms with Crippen molar-refractivity contribution < 1.29 is 8.78 Å². The van der Waals surface area contributed by atoms with E-state index in [4.69, 9.17) is 0 Å². The summed E-state index contributed by atoms with van der Waals surface area (Å²) in [7, 11) is 0. The van der Waals surface area contributed by atoms with Crippen LogP contribution >= 0.6 is 0 Å². The monoisotopic (exact) mass is 456 g/mol. The highest BCUT2D eigenvalue weighted by atomic mass is 19.2. The predicted molar refractivity (Wildman–Crippen MR) is 135 cm³/mol. The lowest BCUT2D eigenvalue weighted by Crippen LogP contribution is -2.29. The first kappa shape index (κ1) is 24.9. The Bertz CT molecular complexity index is 757. The van der Waals surface area contributed by atoms with Crippen LogP contribution in [0.1, 0.15) is 121 Å². The average Bonchev–Trinajstić information content (AvgIpc) is 2.86. The second-order valence-corrected chi connectivity index (χ2v) is 11.5. The van der Waals surface area contributed by atoms with Gasteiger partial charge in [0.2, 0.25) is 0 Å². The van der Waals surface area contributed by atoms with Gasteiger partial charge in [-0.25, -0.2) is 8.78 Å². The van der Waals surface area contributed by atoms with Crippen LogP contribution in [0.5, 0.6) is 0 Å². The third kappa shape index (κ3) is 6.09. The summed E-state index contributed by atoms with van der Waals surface area (Å²) in [5.74, 6) is 3.53. The molecule has 3 saturated carbocycles. The minimum absolute atomic E-state index is 0.208. The molecule has 0 heterocycles. The van der Waals surface area contributed by atoms with Gasteiger partial charge in [-0.05, 0) is 143 Å². The van der Waals surface area contributed by atoms with Gasteiger partial charge in [0.25, 0.3) is 0 Å². The van der Waals surface area contributed by atoms with Crippen molar-refractivity contribution in [2.24, 2.45) is 29.6 Å². The molecule has 33 heavy (non-hydrogen) atoms. The molecule has 3 fully saturated rings. The Kier molecular flexibility index (Phi) is 9.05. The zero-order valence-corrected chi connectivity index (χ0v) is 21.1. The van der Waals surface area contributed by atoms with Crippen molar-refractivity contribution in [1.82, 2.24) is 0 Å². The van der Waals surface area contributed by atoms with Gasteiger partial charge in [-0.15, -0.1) is 0 Å². The van der Waals surface area contributed by atoms with Crippen LogP contribution in [-0.2, 0) is 6.42 Å². The number of allylic oxidation sites excluding steroid dienone is 2. The third-order valence-corrected chi connectivity index (χ3v) is 9.63. The van der Waals surface area contributed by atoms with E-state index in [9.17, 15) is 8.78 Å². The van der Waals surface area contributed by atoms with Crippen molar-refractivity contribution in [2.75, 3.05) is 0 Å².